The number of hydrogen-bond acceptors (Lipinski definition) is 2. The minimum atomic E-state index is 0.0412. The average Bonchev–Trinajstić information content (AvgIpc) is 2.39. The third kappa shape index (κ3) is 3.99. The number of rotatable bonds is 3. The lowest BCUT2D eigenvalue weighted by atomic mass is 9.94. The van der Waals surface area contributed by atoms with Crippen molar-refractivity contribution in [2.45, 2.75) is 43.9 Å². The van der Waals surface area contributed by atoms with Gasteiger partial charge in [-0.3, -0.25) is 4.79 Å². The SMILES string of the molecule is CSC1CCC(NC(=O)c2ccc(C)cc2Br)CC1. The summed E-state index contributed by atoms with van der Waals surface area (Å²) in [5, 5.41) is 3.94. The number of hydrogen-bond donors (Lipinski definition) is 1. The van der Waals surface area contributed by atoms with E-state index in [1.807, 2.05) is 36.9 Å². The fourth-order valence-corrected chi connectivity index (χ4v) is 3.93. The number of amides is 1. The molecular weight excluding hydrogens is 322 g/mol. The molecule has 1 N–H and O–H groups in total. The van der Waals surface area contributed by atoms with Crippen molar-refractivity contribution in [1.82, 2.24) is 5.32 Å². The molecule has 2 rings (SSSR count). The number of nitrogens with one attached hydrogen (secondary N) is 1. The predicted octanol–water partition coefficient (Wildman–Crippen LogP) is 4.16. The van der Waals surface area contributed by atoms with Gasteiger partial charge in [0.2, 0.25) is 0 Å². The summed E-state index contributed by atoms with van der Waals surface area (Å²) in [6.45, 7) is 2.02. The summed E-state index contributed by atoms with van der Waals surface area (Å²) in [7, 11) is 0. The fourth-order valence-electron chi connectivity index (χ4n) is 2.51. The summed E-state index contributed by atoms with van der Waals surface area (Å²) < 4.78 is 0.878. The zero-order valence-corrected chi connectivity index (χ0v) is 13.8. The smallest absolute Gasteiger partial charge is 0.252 e. The highest BCUT2D eigenvalue weighted by atomic mass is 79.9. The van der Waals surface area contributed by atoms with E-state index >= 15 is 0 Å². The molecule has 1 saturated carbocycles. The highest BCUT2D eigenvalue weighted by molar-refractivity contribution is 9.10. The molecule has 0 unspecified atom stereocenters. The van der Waals surface area contributed by atoms with Crippen LogP contribution in [0.3, 0.4) is 0 Å². The van der Waals surface area contributed by atoms with Crippen molar-refractivity contribution in [1.29, 1.82) is 0 Å². The van der Waals surface area contributed by atoms with Crippen LogP contribution in [-0.2, 0) is 0 Å². The van der Waals surface area contributed by atoms with Gasteiger partial charge in [-0.15, -0.1) is 0 Å². The lowest BCUT2D eigenvalue weighted by Crippen LogP contribution is -2.38. The van der Waals surface area contributed by atoms with E-state index in [0.717, 1.165) is 33.7 Å². The van der Waals surface area contributed by atoms with Crippen LogP contribution in [0, 0.1) is 6.92 Å². The first-order valence-electron chi connectivity index (χ1n) is 6.70. The number of benzene rings is 1. The summed E-state index contributed by atoms with van der Waals surface area (Å²) in [4.78, 5) is 12.2. The van der Waals surface area contributed by atoms with Gasteiger partial charge in [-0.25, -0.2) is 0 Å². The molecule has 0 bridgehead atoms. The Labute approximate surface area is 127 Å². The van der Waals surface area contributed by atoms with E-state index in [4.69, 9.17) is 0 Å². The van der Waals surface area contributed by atoms with E-state index < -0.39 is 0 Å². The van der Waals surface area contributed by atoms with E-state index in [0.29, 0.717) is 6.04 Å². The zero-order chi connectivity index (χ0) is 13.8. The maximum Gasteiger partial charge on any atom is 0.252 e. The van der Waals surface area contributed by atoms with Crippen LogP contribution in [0.1, 0.15) is 41.6 Å². The topological polar surface area (TPSA) is 29.1 Å². The van der Waals surface area contributed by atoms with E-state index in [1.54, 1.807) is 0 Å². The lowest BCUT2D eigenvalue weighted by molar-refractivity contribution is 0.0927. The van der Waals surface area contributed by atoms with Gasteiger partial charge in [0.05, 0.1) is 5.56 Å². The quantitative estimate of drug-likeness (QED) is 0.894. The molecule has 0 aromatic heterocycles. The van der Waals surface area contributed by atoms with Gasteiger partial charge in [-0.2, -0.15) is 11.8 Å². The molecule has 104 valence electrons. The molecule has 0 heterocycles. The Balaban J connectivity index is 1.94. The van der Waals surface area contributed by atoms with Gasteiger partial charge < -0.3 is 5.32 Å². The highest BCUT2D eigenvalue weighted by Crippen LogP contribution is 2.27. The van der Waals surface area contributed by atoms with Crippen molar-refractivity contribution >= 4 is 33.6 Å². The van der Waals surface area contributed by atoms with Gasteiger partial charge in [0.1, 0.15) is 0 Å². The minimum absolute atomic E-state index is 0.0412. The molecule has 2 nitrogen and oxygen atoms in total. The van der Waals surface area contributed by atoms with Gasteiger partial charge in [-0.05, 0) is 72.5 Å². The normalized spacial score (nSPS) is 23.1. The van der Waals surface area contributed by atoms with Gasteiger partial charge in [-0.1, -0.05) is 6.07 Å². The van der Waals surface area contributed by atoms with Crippen LogP contribution < -0.4 is 5.32 Å². The third-order valence-corrected chi connectivity index (χ3v) is 5.51. The van der Waals surface area contributed by atoms with Crippen LogP contribution in [0.25, 0.3) is 0 Å². The summed E-state index contributed by atoms with van der Waals surface area (Å²) >= 11 is 5.42. The van der Waals surface area contributed by atoms with Crippen molar-refractivity contribution < 1.29 is 4.79 Å². The molecule has 0 radical (unpaired) electrons. The Morgan fingerprint density at radius 2 is 2.00 bits per heavy atom. The first-order valence-corrected chi connectivity index (χ1v) is 8.78. The summed E-state index contributed by atoms with van der Waals surface area (Å²) in [5.74, 6) is 0.0412. The van der Waals surface area contributed by atoms with E-state index in [1.165, 1.54) is 12.8 Å². The first-order chi connectivity index (χ1) is 9.10. The summed E-state index contributed by atoms with van der Waals surface area (Å²) in [6, 6.07) is 6.19. The van der Waals surface area contributed by atoms with Crippen LogP contribution in [0.4, 0.5) is 0 Å². The van der Waals surface area contributed by atoms with E-state index in [-0.39, 0.29) is 5.91 Å². The van der Waals surface area contributed by atoms with Crippen molar-refractivity contribution in [3.63, 3.8) is 0 Å². The summed E-state index contributed by atoms with van der Waals surface area (Å²) in [6.07, 6.45) is 6.79. The van der Waals surface area contributed by atoms with Crippen molar-refractivity contribution in [2.24, 2.45) is 0 Å². The van der Waals surface area contributed by atoms with Gasteiger partial charge in [0.25, 0.3) is 5.91 Å². The van der Waals surface area contributed by atoms with Gasteiger partial charge in [0, 0.05) is 15.8 Å². The van der Waals surface area contributed by atoms with Crippen molar-refractivity contribution in [2.75, 3.05) is 6.26 Å². The zero-order valence-electron chi connectivity index (χ0n) is 11.4. The van der Waals surface area contributed by atoms with Crippen LogP contribution in [0.2, 0.25) is 0 Å². The monoisotopic (exact) mass is 341 g/mol. The van der Waals surface area contributed by atoms with Crippen LogP contribution in [0.5, 0.6) is 0 Å². The number of aryl methyl sites for hydroxylation is 1. The second-order valence-electron chi connectivity index (χ2n) is 5.17. The average molecular weight is 342 g/mol. The number of thioether (sulfide) groups is 1. The second kappa shape index (κ2) is 6.80. The Morgan fingerprint density at radius 3 is 2.58 bits per heavy atom. The maximum atomic E-state index is 12.2. The Hall–Kier alpha value is -0.480. The van der Waals surface area contributed by atoms with Gasteiger partial charge in [0.15, 0.2) is 0 Å². The summed E-state index contributed by atoms with van der Waals surface area (Å²) in [5.41, 5.74) is 1.89. The third-order valence-electron chi connectivity index (χ3n) is 3.71. The number of carbonyl (C=O) groups excluding carboxylic acids is 1. The molecule has 0 spiro atoms. The number of halogens is 1. The molecule has 4 heteroatoms. The maximum absolute atomic E-state index is 12.2. The Morgan fingerprint density at radius 1 is 1.32 bits per heavy atom. The second-order valence-corrected chi connectivity index (χ2v) is 7.16. The predicted molar refractivity (Wildman–Crippen MR) is 85.9 cm³/mol. The highest BCUT2D eigenvalue weighted by Gasteiger charge is 2.22. The fraction of sp³-hybridized carbons (Fsp3) is 0.533. The molecule has 1 fully saturated rings. The molecule has 0 aliphatic heterocycles. The largest absolute Gasteiger partial charge is 0.349 e. The van der Waals surface area contributed by atoms with Crippen LogP contribution in [0.15, 0.2) is 22.7 Å². The molecule has 0 atom stereocenters. The molecule has 1 aliphatic carbocycles. The molecule has 1 aromatic rings. The number of carbonyl (C=O) groups is 1. The van der Waals surface area contributed by atoms with Crippen molar-refractivity contribution in [3.05, 3.63) is 33.8 Å². The molecule has 19 heavy (non-hydrogen) atoms. The Bertz CT molecular complexity index is 455. The van der Waals surface area contributed by atoms with Gasteiger partial charge >= 0.3 is 0 Å². The molecular formula is C15H20BrNOS. The van der Waals surface area contributed by atoms with Crippen molar-refractivity contribution in [3.8, 4) is 0 Å². The molecule has 1 aliphatic rings. The molecule has 1 amide bonds. The van der Waals surface area contributed by atoms with E-state index in [9.17, 15) is 4.79 Å². The van der Waals surface area contributed by atoms with Crippen LogP contribution >= 0.6 is 27.7 Å². The first kappa shape index (κ1) is 14.9. The Kier molecular flexibility index (Phi) is 5.34. The lowest BCUT2D eigenvalue weighted by Gasteiger charge is -2.28. The molecule has 1 aromatic carbocycles. The molecule has 0 saturated heterocycles. The minimum Gasteiger partial charge on any atom is -0.349 e. The standard InChI is InChI=1S/C15H20BrNOS/c1-10-3-8-13(14(16)9-10)15(18)17-11-4-6-12(19-2)7-5-11/h3,8-9,11-12H,4-7H2,1-2H3,(H,17,18). The van der Waals surface area contributed by atoms with E-state index in [2.05, 4.69) is 27.5 Å². The van der Waals surface area contributed by atoms with Crippen LogP contribution in [-0.4, -0.2) is 23.5 Å².